The fourth-order valence-electron chi connectivity index (χ4n) is 3.18. The van der Waals surface area contributed by atoms with E-state index < -0.39 is 0 Å². The van der Waals surface area contributed by atoms with Gasteiger partial charge in [0.1, 0.15) is 6.54 Å². The van der Waals surface area contributed by atoms with E-state index >= 15 is 0 Å². The Morgan fingerprint density at radius 1 is 1.30 bits per heavy atom. The highest BCUT2D eigenvalue weighted by molar-refractivity contribution is 5.82. The minimum Gasteiger partial charge on any atom is -0.377 e. The first-order chi connectivity index (χ1) is 11.2. The lowest BCUT2D eigenvalue weighted by atomic mass is 10.1. The van der Waals surface area contributed by atoms with Crippen LogP contribution in [0, 0.1) is 0 Å². The second-order valence-corrected chi connectivity index (χ2v) is 5.88. The lowest BCUT2D eigenvalue weighted by molar-refractivity contribution is -0.135. The number of carbonyl (C=O) groups is 1. The third kappa shape index (κ3) is 3.45. The summed E-state index contributed by atoms with van der Waals surface area (Å²) in [6.45, 7) is 4.34. The first-order valence-corrected chi connectivity index (χ1v) is 8.16. The van der Waals surface area contributed by atoms with Gasteiger partial charge < -0.3 is 14.2 Å². The predicted octanol–water partition coefficient (Wildman–Crippen LogP) is 2.03. The molecule has 0 N–H and O–H groups in total. The fourth-order valence-corrected chi connectivity index (χ4v) is 3.18. The number of rotatable bonds is 4. The zero-order valence-corrected chi connectivity index (χ0v) is 13.4. The molecule has 1 amide bonds. The van der Waals surface area contributed by atoms with Crippen LogP contribution in [0.1, 0.15) is 19.8 Å². The van der Waals surface area contributed by atoms with Crippen LogP contribution in [0.4, 0.5) is 0 Å². The molecule has 5 heteroatoms. The van der Waals surface area contributed by atoms with Gasteiger partial charge in [0.15, 0.2) is 5.43 Å². The molecule has 1 fully saturated rings. The van der Waals surface area contributed by atoms with E-state index in [1.165, 1.54) is 6.07 Å². The van der Waals surface area contributed by atoms with Crippen molar-refractivity contribution in [3.8, 4) is 0 Å². The second kappa shape index (κ2) is 6.96. The molecule has 0 spiro atoms. The van der Waals surface area contributed by atoms with Gasteiger partial charge in [0.05, 0.1) is 11.6 Å². The molecule has 1 saturated heterocycles. The number of likely N-dealkylation sites (tertiary alicyclic amines) is 1. The van der Waals surface area contributed by atoms with Crippen LogP contribution in [-0.2, 0) is 16.1 Å². The van der Waals surface area contributed by atoms with Crippen LogP contribution >= 0.6 is 0 Å². The monoisotopic (exact) mass is 314 g/mol. The normalized spacial score (nSPS) is 18.3. The van der Waals surface area contributed by atoms with Gasteiger partial charge in [0, 0.05) is 37.3 Å². The molecule has 0 aliphatic carbocycles. The highest BCUT2D eigenvalue weighted by atomic mass is 16.5. The molecule has 5 nitrogen and oxygen atoms in total. The summed E-state index contributed by atoms with van der Waals surface area (Å²) in [5, 5.41) is 0.647. The lowest BCUT2D eigenvalue weighted by Gasteiger charge is -2.32. The van der Waals surface area contributed by atoms with Crippen molar-refractivity contribution in [2.45, 2.75) is 32.4 Å². The van der Waals surface area contributed by atoms with E-state index in [-0.39, 0.29) is 24.0 Å². The Morgan fingerprint density at radius 3 is 2.96 bits per heavy atom. The quantitative estimate of drug-likeness (QED) is 0.867. The van der Waals surface area contributed by atoms with Crippen molar-refractivity contribution < 1.29 is 9.53 Å². The second-order valence-electron chi connectivity index (χ2n) is 5.88. The van der Waals surface area contributed by atoms with Crippen LogP contribution in [0.5, 0.6) is 0 Å². The topological polar surface area (TPSA) is 51.5 Å². The van der Waals surface area contributed by atoms with E-state index in [2.05, 4.69) is 0 Å². The third-order valence-electron chi connectivity index (χ3n) is 4.32. The van der Waals surface area contributed by atoms with Crippen LogP contribution in [-0.4, -0.2) is 41.2 Å². The Morgan fingerprint density at radius 2 is 2.13 bits per heavy atom. The van der Waals surface area contributed by atoms with Crippen LogP contribution in [0.25, 0.3) is 10.9 Å². The molecule has 1 aromatic heterocycles. The van der Waals surface area contributed by atoms with Crippen LogP contribution in [0.2, 0.25) is 0 Å². The number of benzene rings is 1. The summed E-state index contributed by atoms with van der Waals surface area (Å²) >= 11 is 0. The molecule has 0 bridgehead atoms. The standard InChI is InChI=1S/C18H22N2O3/c1-2-23-14-6-5-10-20(12-14)18(22)13-19-11-9-17(21)15-7-3-4-8-16(15)19/h3-4,7-9,11,14H,2,5-6,10,12-13H2,1H3/t14-/m1/s1. The largest absolute Gasteiger partial charge is 0.377 e. The van der Waals surface area contributed by atoms with Crippen molar-refractivity contribution >= 4 is 16.8 Å². The van der Waals surface area contributed by atoms with E-state index in [1.807, 2.05) is 34.6 Å². The van der Waals surface area contributed by atoms with E-state index in [1.54, 1.807) is 12.3 Å². The van der Waals surface area contributed by atoms with Gasteiger partial charge in [0.25, 0.3) is 0 Å². The summed E-state index contributed by atoms with van der Waals surface area (Å²) in [5.74, 6) is 0.0724. The van der Waals surface area contributed by atoms with Gasteiger partial charge >= 0.3 is 0 Å². The molecule has 122 valence electrons. The summed E-state index contributed by atoms with van der Waals surface area (Å²) in [6, 6.07) is 8.92. The Bertz CT molecular complexity index is 751. The first kappa shape index (κ1) is 15.7. The molecule has 1 aliphatic heterocycles. The Kier molecular flexibility index (Phi) is 4.76. The number of nitrogens with zero attached hydrogens (tertiary/aromatic N) is 2. The number of hydrogen-bond acceptors (Lipinski definition) is 3. The number of aromatic nitrogens is 1. The molecule has 0 saturated carbocycles. The van der Waals surface area contributed by atoms with Gasteiger partial charge in [-0.25, -0.2) is 0 Å². The Labute approximate surface area is 135 Å². The minimum absolute atomic E-state index is 0.0151. The molecule has 1 aliphatic rings. The van der Waals surface area contributed by atoms with Gasteiger partial charge in [0.2, 0.25) is 5.91 Å². The number of amides is 1. The summed E-state index contributed by atoms with van der Waals surface area (Å²) < 4.78 is 7.51. The number of piperidine rings is 1. The number of hydrogen-bond donors (Lipinski definition) is 0. The fraction of sp³-hybridized carbons (Fsp3) is 0.444. The van der Waals surface area contributed by atoms with Gasteiger partial charge in [-0.3, -0.25) is 9.59 Å². The molecule has 2 aromatic rings. The van der Waals surface area contributed by atoms with Crippen molar-refractivity contribution in [2.75, 3.05) is 19.7 Å². The van der Waals surface area contributed by atoms with Crippen molar-refractivity contribution in [2.24, 2.45) is 0 Å². The number of fused-ring (bicyclic) bond motifs is 1. The highest BCUT2D eigenvalue weighted by Gasteiger charge is 2.24. The highest BCUT2D eigenvalue weighted by Crippen LogP contribution is 2.15. The smallest absolute Gasteiger partial charge is 0.242 e. The van der Waals surface area contributed by atoms with Crippen molar-refractivity contribution in [1.29, 1.82) is 0 Å². The maximum atomic E-state index is 12.6. The number of ether oxygens (including phenoxy) is 1. The third-order valence-corrected chi connectivity index (χ3v) is 4.32. The predicted molar refractivity (Wildman–Crippen MR) is 89.4 cm³/mol. The van der Waals surface area contributed by atoms with Crippen molar-refractivity contribution in [3.05, 3.63) is 46.8 Å². The molecule has 1 aromatic carbocycles. The van der Waals surface area contributed by atoms with Gasteiger partial charge in [-0.15, -0.1) is 0 Å². The SMILES string of the molecule is CCO[C@@H]1CCCN(C(=O)Cn2ccc(=O)c3ccccc32)C1. The zero-order valence-electron chi connectivity index (χ0n) is 13.4. The summed E-state index contributed by atoms with van der Waals surface area (Å²) in [6.07, 6.45) is 3.83. The summed E-state index contributed by atoms with van der Waals surface area (Å²) in [4.78, 5) is 26.4. The summed E-state index contributed by atoms with van der Waals surface area (Å²) in [5.41, 5.74) is 0.783. The van der Waals surface area contributed by atoms with E-state index in [4.69, 9.17) is 4.74 Å². The van der Waals surface area contributed by atoms with E-state index in [0.717, 1.165) is 24.9 Å². The number of carbonyl (C=O) groups excluding carboxylic acids is 1. The first-order valence-electron chi connectivity index (χ1n) is 8.16. The van der Waals surface area contributed by atoms with E-state index in [0.29, 0.717) is 18.5 Å². The van der Waals surface area contributed by atoms with Gasteiger partial charge in [-0.1, -0.05) is 12.1 Å². The van der Waals surface area contributed by atoms with Crippen molar-refractivity contribution in [3.63, 3.8) is 0 Å². The van der Waals surface area contributed by atoms with Crippen LogP contribution in [0.15, 0.2) is 41.3 Å². The van der Waals surface area contributed by atoms with E-state index in [9.17, 15) is 9.59 Å². The number of para-hydroxylation sites is 1. The molecule has 23 heavy (non-hydrogen) atoms. The average Bonchev–Trinajstić information content (AvgIpc) is 2.58. The van der Waals surface area contributed by atoms with Crippen molar-refractivity contribution in [1.82, 2.24) is 9.47 Å². The molecule has 0 radical (unpaired) electrons. The zero-order chi connectivity index (χ0) is 16.2. The molecule has 0 unspecified atom stereocenters. The van der Waals surface area contributed by atoms with Crippen LogP contribution in [0.3, 0.4) is 0 Å². The van der Waals surface area contributed by atoms with Crippen LogP contribution < -0.4 is 5.43 Å². The average molecular weight is 314 g/mol. The lowest BCUT2D eigenvalue weighted by Crippen LogP contribution is -2.44. The minimum atomic E-state index is -0.0151. The maximum Gasteiger partial charge on any atom is 0.242 e. The molecular formula is C18H22N2O3. The molecular weight excluding hydrogens is 292 g/mol. The Balaban J connectivity index is 1.78. The van der Waals surface area contributed by atoms with Gasteiger partial charge in [-0.05, 0) is 31.9 Å². The molecule has 2 heterocycles. The maximum absolute atomic E-state index is 12.6. The summed E-state index contributed by atoms with van der Waals surface area (Å²) in [7, 11) is 0. The number of pyridine rings is 1. The molecule has 3 rings (SSSR count). The Hall–Kier alpha value is -2.14. The van der Waals surface area contributed by atoms with Gasteiger partial charge in [-0.2, -0.15) is 0 Å². The molecule has 1 atom stereocenters.